The fourth-order valence-electron chi connectivity index (χ4n) is 3.68. The molecule has 1 aromatic carbocycles. The summed E-state index contributed by atoms with van der Waals surface area (Å²) < 4.78 is 1.96. The van der Waals surface area contributed by atoms with Gasteiger partial charge >= 0.3 is 0 Å². The Morgan fingerprint density at radius 1 is 1.29 bits per heavy atom. The van der Waals surface area contributed by atoms with E-state index in [1.807, 2.05) is 29.1 Å². The first-order valence-corrected chi connectivity index (χ1v) is 7.80. The Kier molecular flexibility index (Phi) is 3.25. The van der Waals surface area contributed by atoms with Crippen LogP contribution < -0.4 is 0 Å². The van der Waals surface area contributed by atoms with Crippen molar-refractivity contribution in [1.29, 1.82) is 0 Å². The molecule has 4 rings (SSSR count). The van der Waals surface area contributed by atoms with Crippen molar-refractivity contribution in [2.24, 2.45) is 0 Å². The summed E-state index contributed by atoms with van der Waals surface area (Å²) in [4.78, 5) is 2.39. The van der Waals surface area contributed by atoms with E-state index >= 15 is 0 Å². The van der Waals surface area contributed by atoms with Crippen LogP contribution in [0.5, 0.6) is 0 Å². The van der Waals surface area contributed by atoms with Gasteiger partial charge in [0.15, 0.2) is 0 Å². The second-order valence-corrected chi connectivity index (χ2v) is 6.43. The fourth-order valence-corrected chi connectivity index (χ4v) is 3.83. The van der Waals surface area contributed by atoms with Crippen molar-refractivity contribution < 1.29 is 5.11 Å². The van der Waals surface area contributed by atoms with Crippen LogP contribution in [0.25, 0.3) is 0 Å². The molecule has 1 fully saturated rings. The van der Waals surface area contributed by atoms with Gasteiger partial charge < -0.3 is 5.11 Å². The zero-order chi connectivity index (χ0) is 14.4. The fraction of sp³-hybridized carbons (Fsp3) is 0.438. The molecule has 1 aromatic heterocycles. The molecular formula is C16H18ClN3O. The molecule has 4 nitrogen and oxygen atoms in total. The van der Waals surface area contributed by atoms with Gasteiger partial charge in [0.05, 0.1) is 23.4 Å². The lowest BCUT2D eigenvalue weighted by Crippen LogP contribution is -2.36. The Balaban J connectivity index is 1.50. The Hall–Kier alpha value is -1.36. The summed E-state index contributed by atoms with van der Waals surface area (Å²) in [6, 6.07) is 8.77. The lowest BCUT2D eigenvalue weighted by Gasteiger charge is -2.26. The number of hydrogen-bond donors (Lipinski definition) is 1. The third-order valence-corrected chi connectivity index (χ3v) is 4.97. The molecule has 0 radical (unpaired) electrons. The highest BCUT2D eigenvalue weighted by Crippen LogP contribution is 2.37. The average molecular weight is 304 g/mol. The minimum absolute atomic E-state index is 0.193. The van der Waals surface area contributed by atoms with Gasteiger partial charge in [-0.3, -0.25) is 9.58 Å². The molecule has 2 heterocycles. The number of likely N-dealkylation sites (tertiary alicyclic amines) is 1. The number of halogens is 1. The molecule has 1 N–H and O–H groups in total. The predicted molar refractivity (Wildman–Crippen MR) is 81.4 cm³/mol. The lowest BCUT2D eigenvalue weighted by molar-refractivity contribution is 0.0727. The van der Waals surface area contributed by atoms with Crippen LogP contribution in [0.1, 0.15) is 29.7 Å². The molecule has 3 atom stereocenters. The molecule has 0 spiro atoms. The highest BCUT2D eigenvalue weighted by Gasteiger charge is 2.38. The van der Waals surface area contributed by atoms with Crippen molar-refractivity contribution in [2.75, 3.05) is 13.1 Å². The molecule has 2 aromatic rings. The van der Waals surface area contributed by atoms with Crippen molar-refractivity contribution in [3.8, 4) is 0 Å². The van der Waals surface area contributed by atoms with Gasteiger partial charge in [0.25, 0.3) is 0 Å². The standard InChI is InChI=1S/C16H18ClN3O/c17-12-8-18-20(9-12)13-5-6-19(10-13)15-7-11-3-1-2-4-14(11)16(15)21/h1-4,8-9,13,15-16,21H,5-7,10H2. The first kappa shape index (κ1) is 13.3. The van der Waals surface area contributed by atoms with Gasteiger partial charge in [-0.2, -0.15) is 5.10 Å². The lowest BCUT2D eigenvalue weighted by atomic mass is 10.1. The molecule has 0 amide bonds. The highest BCUT2D eigenvalue weighted by atomic mass is 35.5. The number of nitrogens with zero attached hydrogens (tertiary/aromatic N) is 3. The quantitative estimate of drug-likeness (QED) is 0.926. The predicted octanol–water partition coefficient (Wildman–Crippen LogP) is 2.44. The minimum Gasteiger partial charge on any atom is -0.387 e. The van der Waals surface area contributed by atoms with Crippen molar-refractivity contribution in [3.05, 3.63) is 52.8 Å². The first-order valence-electron chi connectivity index (χ1n) is 7.42. The van der Waals surface area contributed by atoms with Gasteiger partial charge in [0.2, 0.25) is 0 Å². The van der Waals surface area contributed by atoms with Crippen LogP contribution >= 0.6 is 11.6 Å². The molecule has 1 saturated heterocycles. The number of aliphatic hydroxyl groups excluding tert-OH is 1. The van der Waals surface area contributed by atoms with Gasteiger partial charge in [-0.15, -0.1) is 0 Å². The second kappa shape index (κ2) is 5.13. The van der Waals surface area contributed by atoms with Gasteiger partial charge in [-0.1, -0.05) is 35.9 Å². The Labute approximate surface area is 128 Å². The third-order valence-electron chi connectivity index (χ3n) is 4.78. The van der Waals surface area contributed by atoms with E-state index in [-0.39, 0.29) is 12.1 Å². The van der Waals surface area contributed by atoms with Crippen LogP contribution in [0.15, 0.2) is 36.7 Å². The Morgan fingerprint density at radius 3 is 2.90 bits per heavy atom. The van der Waals surface area contributed by atoms with Crippen LogP contribution in [0.3, 0.4) is 0 Å². The first-order chi connectivity index (χ1) is 10.2. The van der Waals surface area contributed by atoms with E-state index in [0.29, 0.717) is 11.1 Å². The van der Waals surface area contributed by atoms with Crippen molar-refractivity contribution in [3.63, 3.8) is 0 Å². The van der Waals surface area contributed by atoms with Crippen LogP contribution in [-0.4, -0.2) is 38.9 Å². The molecule has 2 aliphatic rings. The summed E-state index contributed by atoms with van der Waals surface area (Å²) in [6.07, 6.45) is 5.18. The maximum absolute atomic E-state index is 10.6. The van der Waals surface area contributed by atoms with Gasteiger partial charge in [-0.25, -0.2) is 0 Å². The van der Waals surface area contributed by atoms with Gasteiger partial charge in [0, 0.05) is 25.3 Å². The van der Waals surface area contributed by atoms with Crippen LogP contribution in [0, 0.1) is 0 Å². The Bertz CT molecular complexity index is 656. The van der Waals surface area contributed by atoms with Crippen molar-refractivity contribution in [1.82, 2.24) is 14.7 Å². The number of aromatic nitrogens is 2. The monoisotopic (exact) mass is 303 g/mol. The summed E-state index contributed by atoms with van der Waals surface area (Å²) in [5.41, 5.74) is 2.37. The van der Waals surface area contributed by atoms with Crippen LogP contribution in [0.4, 0.5) is 0 Å². The number of fused-ring (bicyclic) bond motifs is 1. The summed E-state index contributed by atoms with van der Waals surface area (Å²) >= 11 is 5.95. The molecule has 21 heavy (non-hydrogen) atoms. The number of aliphatic hydroxyl groups is 1. The van der Waals surface area contributed by atoms with E-state index in [1.165, 1.54) is 5.56 Å². The summed E-state index contributed by atoms with van der Waals surface area (Å²) in [5, 5.41) is 15.6. The average Bonchev–Trinajstić information content (AvgIpc) is 3.18. The summed E-state index contributed by atoms with van der Waals surface area (Å²) in [6.45, 7) is 1.92. The summed E-state index contributed by atoms with van der Waals surface area (Å²) in [5.74, 6) is 0. The number of benzene rings is 1. The van der Waals surface area contributed by atoms with E-state index < -0.39 is 0 Å². The van der Waals surface area contributed by atoms with Crippen molar-refractivity contribution >= 4 is 11.6 Å². The molecule has 0 bridgehead atoms. The van der Waals surface area contributed by atoms with E-state index in [2.05, 4.69) is 16.1 Å². The molecule has 0 saturated carbocycles. The molecule has 5 heteroatoms. The van der Waals surface area contributed by atoms with Gasteiger partial charge in [0.1, 0.15) is 0 Å². The van der Waals surface area contributed by atoms with E-state index in [1.54, 1.807) is 6.20 Å². The summed E-state index contributed by atoms with van der Waals surface area (Å²) in [7, 11) is 0. The Morgan fingerprint density at radius 2 is 2.14 bits per heavy atom. The molecule has 1 aliphatic carbocycles. The second-order valence-electron chi connectivity index (χ2n) is 5.99. The zero-order valence-electron chi connectivity index (χ0n) is 11.7. The zero-order valence-corrected chi connectivity index (χ0v) is 12.4. The van der Waals surface area contributed by atoms with Crippen LogP contribution in [-0.2, 0) is 6.42 Å². The molecular weight excluding hydrogens is 286 g/mol. The number of hydrogen-bond acceptors (Lipinski definition) is 3. The smallest absolute Gasteiger partial charge is 0.0951 e. The topological polar surface area (TPSA) is 41.3 Å². The normalized spacial score (nSPS) is 29.0. The van der Waals surface area contributed by atoms with Crippen molar-refractivity contribution in [2.45, 2.75) is 31.0 Å². The highest BCUT2D eigenvalue weighted by molar-refractivity contribution is 6.30. The maximum atomic E-state index is 10.6. The third kappa shape index (κ3) is 2.27. The van der Waals surface area contributed by atoms with E-state index in [4.69, 9.17) is 11.6 Å². The maximum Gasteiger partial charge on any atom is 0.0951 e. The molecule has 110 valence electrons. The largest absolute Gasteiger partial charge is 0.387 e. The molecule has 3 unspecified atom stereocenters. The van der Waals surface area contributed by atoms with E-state index in [0.717, 1.165) is 31.5 Å². The van der Waals surface area contributed by atoms with Crippen LogP contribution in [0.2, 0.25) is 5.02 Å². The van der Waals surface area contributed by atoms with E-state index in [9.17, 15) is 5.11 Å². The van der Waals surface area contributed by atoms with Gasteiger partial charge in [-0.05, 0) is 24.0 Å². The molecule has 1 aliphatic heterocycles. The minimum atomic E-state index is -0.374. The number of rotatable bonds is 2. The SMILES string of the molecule is OC1c2ccccc2CC1N1CCC(n2cc(Cl)cn2)C1.